The van der Waals surface area contributed by atoms with Crippen molar-refractivity contribution in [3.63, 3.8) is 0 Å². The number of halogens is 1. The van der Waals surface area contributed by atoms with E-state index >= 15 is 0 Å². The molecule has 8 heteroatoms. The van der Waals surface area contributed by atoms with Gasteiger partial charge in [0.15, 0.2) is 5.13 Å². The second kappa shape index (κ2) is 8.71. The van der Waals surface area contributed by atoms with Crippen molar-refractivity contribution in [3.05, 3.63) is 93.0 Å². The van der Waals surface area contributed by atoms with Crippen molar-refractivity contribution in [1.82, 2.24) is 4.98 Å². The van der Waals surface area contributed by atoms with Crippen LogP contribution in [0.5, 0.6) is 5.75 Å². The predicted molar refractivity (Wildman–Crippen MR) is 146 cm³/mol. The van der Waals surface area contributed by atoms with E-state index in [-0.39, 0.29) is 17.4 Å². The number of aryl methyl sites for hydroxylation is 2. The maximum absolute atomic E-state index is 13.5. The lowest BCUT2D eigenvalue weighted by Crippen LogP contribution is -2.29. The van der Waals surface area contributed by atoms with Crippen LogP contribution in [0.3, 0.4) is 0 Å². The molecule has 0 aliphatic carbocycles. The summed E-state index contributed by atoms with van der Waals surface area (Å²) in [5, 5.41) is 12.4. The molecule has 4 aromatic rings. The normalized spacial score (nSPS) is 20.5. The number of aliphatic hydroxyl groups excluding tert-OH is 1. The van der Waals surface area contributed by atoms with Gasteiger partial charge in [0.25, 0.3) is 5.78 Å². The number of nitrogens with zero attached hydrogens (tertiary/aromatic N) is 2. The van der Waals surface area contributed by atoms with E-state index in [4.69, 9.17) is 21.3 Å². The molecule has 2 atom stereocenters. The van der Waals surface area contributed by atoms with Gasteiger partial charge in [0.1, 0.15) is 17.6 Å². The summed E-state index contributed by atoms with van der Waals surface area (Å²) < 4.78 is 6.71. The first kappa shape index (κ1) is 23.7. The Balaban J connectivity index is 1.54. The van der Waals surface area contributed by atoms with E-state index in [9.17, 15) is 14.7 Å². The van der Waals surface area contributed by atoms with Gasteiger partial charge in [-0.2, -0.15) is 0 Å². The highest BCUT2D eigenvalue weighted by Gasteiger charge is 2.48. The third-order valence-electron chi connectivity index (χ3n) is 6.82. The average Bonchev–Trinajstić information content (AvgIpc) is 3.52. The summed E-state index contributed by atoms with van der Waals surface area (Å²) in [4.78, 5) is 33.2. The lowest BCUT2D eigenvalue weighted by atomic mass is 9.94. The third kappa shape index (κ3) is 3.90. The Morgan fingerprint density at radius 1 is 1.11 bits per heavy atom. The van der Waals surface area contributed by atoms with E-state index in [0.717, 1.165) is 32.7 Å². The van der Waals surface area contributed by atoms with Crippen molar-refractivity contribution < 1.29 is 19.4 Å². The number of fused-ring (bicyclic) bond motifs is 2. The Kier molecular flexibility index (Phi) is 5.58. The number of hydrogen-bond donors (Lipinski definition) is 1. The summed E-state index contributed by atoms with van der Waals surface area (Å²) in [5.41, 5.74) is 4.95. The molecule has 0 spiro atoms. The Morgan fingerprint density at radius 3 is 2.62 bits per heavy atom. The van der Waals surface area contributed by atoms with Crippen LogP contribution >= 0.6 is 22.9 Å². The Hall–Kier alpha value is -3.68. The lowest BCUT2D eigenvalue weighted by Gasteiger charge is -2.23. The molecule has 1 fully saturated rings. The molecule has 37 heavy (non-hydrogen) atoms. The zero-order chi connectivity index (χ0) is 26.0. The topological polar surface area (TPSA) is 79.7 Å². The van der Waals surface area contributed by atoms with Crippen LogP contribution in [0.25, 0.3) is 16.0 Å². The van der Waals surface area contributed by atoms with Gasteiger partial charge in [-0.1, -0.05) is 41.1 Å². The number of ketones is 1. The quantitative estimate of drug-likeness (QED) is 0.185. The minimum atomic E-state index is -0.859. The Morgan fingerprint density at radius 2 is 1.86 bits per heavy atom. The second-order valence-electron chi connectivity index (χ2n) is 9.60. The van der Waals surface area contributed by atoms with E-state index in [1.165, 1.54) is 16.2 Å². The van der Waals surface area contributed by atoms with Crippen LogP contribution in [0, 0.1) is 13.8 Å². The fourth-order valence-electron chi connectivity index (χ4n) is 5.18. The van der Waals surface area contributed by atoms with Gasteiger partial charge < -0.3 is 9.84 Å². The Labute approximate surface area is 222 Å². The largest absolute Gasteiger partial charge is 0.507 e. The zero-order valence-electron chi connectivity index (χ0n) is 20.4. The number of rotatable bonds is 3. The number of aromatic nitrogens is 1. The van der Waals surface area contributed by atoms with E-state index in [2.05, 4.69) is 0 Å². The predicted octanol–water partition coefficient (Wildman–Crippen LogP) is 6.52. The minimum Gasteiger partial charge on any atom is -0.507 e. The second-order valence-corrected chi connectivity index (χ2v) is 11.0. The van der Waals surface area contributed by atoms with Crippen molar-refractivity contribution in [1.29, 1.82) is 0 Å². The molecule has 1 aromatic heterocycles. The molecule has 2 aliphatic heterocycles. The van der Waals surface area contributed by atoms with Crippen molar-refractivity contribution in [2.24, 2.45) is 0 Å². The standard InChI is InChI=1S/C29H23ClN2O4S/c1-14-10-15(2)24-22(11-14)37-29(31-24)32-25(17-4-7-20(30)8-5-17)23(27(34)28(32)35)26(33)18-6-9-21-19(13-18)12-16(3)36-21/h4-11,13,16,25,33H,12H2,1-3H3/b26-23-. The first-order chi connectivity index (χ1) is 17.7. The van der Waals surface area contributed by atoms with Crippen molar-refractivity contribution in [2.75, 3.05) is 4.90 Å². The van der Waals surface area contributed by atoms with E-state index in [1.807, 2.05) is 39.0 Å². The molecule has 0 bridgehead atoms. The fourth-order valence-corrected chi connectivity index (χ4v) is 6.47. The Bertz CT molecular complexity index is 1640. The number of benzene rings is 3. The molecular formula is C29H23ClN2O4S. The van der Waals surface area contributed by atoms with Gasteiger partial charge >= 0.3 is 5.91 Å². The molecule has 0 saturated carbocycles. The van der Waals surface area contributed by atoms with Gasteiger partial charge in [-0.25, -0.2) is 4.98 Å². The third-order valence-corrected chi connectivity index (χ3v) is 8.08. The van der Waals surface area contributed by atoms with E-state index < -0.39 is 17.7 Å². The van der Waals surface area contributed by atoms with E-state index in [1.54, 1.807) is 36.4 Å². The maximum Gasteiger partial charge on any atom is 0.301 e. The molecule has 1 N–H and O–H groups in total. The molecule has 0 radical (unpaired) electrons. The van der Waals surface area contributed by atoms with Crippen LogP contribution in [0.1, 0.15) is 40.8 Å². The molecule has 1 saturated heterocycles. The summed E-state index contributed by atoms with van der Waals surface area (Å²) in [7, 11) is 0. The van der Waals surface area contributed by atoms with E-state index in [0.29, 0.717) is 27.7 Å². The highest BCUT2D eigenvalue weighted by atomic mass is 35.5. The summed E-state index contributed by atoms with van der Waals surface area (Å²) in [5.74, 6) is -0.946. The highest BCUT2D eigenvalue weighted by Crippen LogP contribution is 2.45. The van der Waals surface area contributed by atoms with Crippen LogP contribution in [-0.4, -0.2) is 27.9 Å². The minimum absolute atomic E-state index is 0.0198. The number of thiazole rings is 1. The summed E-state index contributed by atoms with van der Waals surface area (Å²) >= 11 is 7.50. The number of ether oxygens (including phenoxy) is 1. The van der Waals surface area contributed by atoms with Gasteiger partial charge in [0.2, 0.25) is 0 Å². The van der Waals surface area contributed by atoms with Gasteiger partial charge in [-0.05, 0) is 79.4 Å². The molecule has 3 heterocycles. The van der Waals surface area contributed by atoms with Crippen LogP contribution in [0.2, 0.25) is 5.02 Å². The molecule has 3 aromatic carbocycles. The van der Waals surface area contributed by atoms with Crippen LogP contribution in [0.15, 0.2) is 60.2 Å². The summed E-state index contributed by atoms with van der Waals surface area (Å²) in [6, 6.07) is 15.5. The number of amides is 1. The molecule has 2 aliphatic rings. The molecule has 6 nitrogen and oxygen atoms in total. The van der Waals surface area contributed by atoms with Crippen molar-refractivity contribution in [3.8, 4) is 5.75 Å². The number of Topliss-reactive ketones (excluding diaryl/α,β-unsaturated/α-hetero) is 1. The molecule has 1 amide bonds. The SMILES string of the molecule is Cc1cc(C)c2nc(N3C(=O)C(=O)/C(=C(\O)c4ccc5c(c4)CC(C)O5)C3c3ccc(Cl)cc3)sc2c1. The zero-order valence-corrected chi connectivity index (χ0v) is 22.0. The van der Waals surface area contributed by atoms with Crippen LogP contribution in [-0.2, 0) is 16.0 Å². The van der Waals surface area contributed by atoms with Crippen molar-refractivity contribution >= 4 is 55.7 Å². The van der Waals surface area contributed by atoms with Gasteiger partial charge in [-0.3, -0.25) is 14.5 Å². The van der Waals surface area contributed by atoms with Crippen molar-refractivity contribution in [2.45, 2.75) is 39.3 Å². The average molecular weight is 531 g/mol. The first-order valence-electron chi connectivity index (χ1n) is 12.0. The number of carbonyl (C=O) groups is 2. The number of carbonyl (C=O) groups excluding carboxylic acids is 2. The summed E-state index contributed by atoms with van der Waals surface area (Å²) in [6.45, 7) is 5.96. The van der Waals surface area contributed by atoms with Crippen LogP contribution < -0.4 is 9.64 Å². The number of aliphatic hydroxyl groups is 1. The molecule has 186 valence electrons. The monoisotopic (exact) mass is 530 g/mol. The lowest BCUT2D eigenvalue weighted by molar-refractivity contribution is -0.132. The van der Waals surface area contributed by atoms with Crippen LogP contribution in [0.4, 0.5) is 5.13 Å². The molecular weight excluding hydrogens is 508 g/mol. The van der Waals surface area contributed by atoms with Gasteiger partial charge in [-0.15, -0.1) is 0 Å². The highest BCUT2D eigenvalue weighted by molar-refractivity contribution is 7.22. The number of anilines is 1. The molecule has 2 unspecified atom stereocenters. The maximum atomic E-state index is 13.5. The van der Waals surface area contributed by atoms with Gasteiger partial charge in [0.05, 0.1) is 21.8 Å². The van der Waals surface area contributed by atoms with Gasteiger partial charge in [0, 0.05) is 17.0 Å². The first-order valence-corrected chi connectivity index (χ1v) is 13.1. The smallest absolute Gasteiger partial charge is 0.301 e. The fraction of sp³-hybridized carbons (Fsp3) is 0.207. The molecule has 6 rings (SSSR count). The summed E-state index contributed by atoms with van der Waals surface area (Å²) in [6.07, 6.45) is 0.744. The number of hydrogen-bond acceptors (Lipinski definition) is 6.